The summed E-state index contributed by atoms with van der Waals surface area (Å²) in [6.45, 7) is 93.8. The number of likely N-dealkylation sites (N-methyl/N-ethyl adjacent to an activating group) is 1. The molecule has 0 aromatic carbocycles. The third-order valence-electron chi connectivity index (χ3n) is 35.2. The van der Waals surface area contributed by atoms with E-state index in [1.54, 1.807) is 0 Å². The maximum atomic E-state index is 13.8. The summed E-state index contributed by atoms with van der Waals surface area (Å²) >= 11 is 0. The number of piperidine rings is 7. The molecule has 2 N–H and O–H groups in total. The minimum absolute atomic E-state index is 0. The fourth-order valence-electron chi connectivity index (χ4n) is 21.1. The Morgan fingerprint density at radius 1 is 0.274 bits per heavy atom. The van der Waals surface area contributed by atoms with Crippen LogP contribution in [0.1, 0.15) is 440 Å². The molecule has 1 unspecified atom stereocenters. The van der Waals surface area contributed by atoms with Gasteiger partial charge in [-0.15, -0.1) is 0 Å². The van der Waals surface area contributed by atoms with Crippen LogP contribution in [0.2, 0.25) is 0 Å². The SMILES string of the molecule is C.C.C.C.C.C.C.C.C.CC(C)C1(C)CCCCC1.CC(C)C1(F)CCN(C)CC1.CC(C)C1(O)CCN(C)CC1.CC(C)C1CCCCC1.CC(C)C1CCCN(C)CC1.CC(C)C1CCN(C)CC1.CC(C)C1CCN(C)CC1.CC(C)C1CCN(CCO)CC1.CC(C)C1CN(C)C1.CC(C)N1CCN(C)CC1.CCC1(C(C)C)CCN(C)CC1.CCN1CCC(C)(C(C)C)CC1. The van der Waals surface area contributed by atoms with Gasteiger partial charge in [-0.1, -0.05) is 305 Å². The van der Waals surface area contributed by atoms with Crippen molar-refractivity contribution in [2.75, 3.05) is 220 Å². The highest BCUT2D eigenvalue weighted by Gasteiger charge is 2.39. The van der Waals surface area contributed by atoms with Crippen molar-refractivity contribution in [3.63, 3.8) is 0 Å². The Labute approximate surface area is 858 Å². The van der Waals surface area contributed by atoms with E-state index in [0.717, 1.165) is 140 Å². The molecule has 12 rings (SSSR count). The molecule has 0 amide bonds. The van der Waals surface area contributed by atoms with Crippen molar-refractivity contribution in [1.29, 1.82) is 0 Å². The standard InChI is InChI=1S/2C11H23N.C10H21NO.C10H21N.C10H20.C9H18FN.C9H19NO.2C9H19N.C9H18.C8H18N2.C7H15N.9CH4/c1-5-11(10(2)3)6-8-12(4)9-7-11;1-5-12-8-6-11(4,7-9-12)10(2)3;1-9(2)10-3-5-11(6-4-10)7-8-12;1-9(2)10-5-4-7-11(3)8-6-10;1-9(2)10(3)7-5-4-6-8-10;1-8(2)9(10)4-6-11(3)7-5-9;1-8(2)9(11)4-6-10(3)7-5-9;2*1-8(2)9-4-6-10(3)7-5-9;1-8(2)9-6-4-3-5-7-9;1-8(2)10-6-4-9(3)5-7-10;1-6(2)7-4-8(3)5-7;;;;;;;;;/h2*10H,5-9H2,1-4H3;9-10,12H,3-8H2,1-2H3;9-10H,4-8H2,1-3H3;9H,4-8H2,1-3H3;8H,4-7H2,1-3H3;8,11H,4-7H2,1-3H3;2*8-9H,4-7H2,1-3H3;8-9H,3-7H2,1-2H3;8H,4-7H2,1-3H3;6-7H,4-5H2,1-3H3;9*1H4. The third-order valence-corrected chi connectivity index (χ3v) is 35.2. The topological polar surface area (TPSA) is 76.1 Å². The fourth-order valence-corrected chi connectivity index (χ4v) is 21.1. The molecule has 10 heterocycles. The highest BCUT2D eigenvalue weighted by molar-refractivity contribution is 4.91. The number of piperazine rings is 1. The van der Waals surface area contributed by atoms with Crippen molar-refractivity contribution in [3.8, 4) is 0 Å². The molecule has 10 saturated heterocycles. The van der Waals surface area contributed by atoms with Gasteiger partial charge in [0.2, 0.25) is 0 Å². The van der Waals surface area contributed by atoms with Crippen LogP contribution >= 0.6 is 0 Å². The zero-order valence-corrected chi connectivity index (χ0v) is 92.6. The van der Waals surface area contributed by atoms with Crippen LogP contribution in [0.25, 0.3) is 0 Å². The van der Waals surface area contributed by atoms with Gasteiger partial charge in [0.25, 0.3) is 0 Å². The summed E-state index contributed by atoms with van der Waals surface area (Å²) in [5.41, 5.74) is 0.690. The minimum Gasteiger partial charge on any atom is -0.395 e. The molecule has 12 aliphatic rings. The molecule has 10 aliphatic heterocycles. The van der Waals surface area contributed by atoms with E-state index in [1.165, 1.54) is 278 Å². The molecule has 0 spiro atoms. The second-order valence-corrected chi connectivity index (χ2v) is 48.3. The maximum Gasteiger partial charge on any atom is 0.115 e. The van der Waals surface area contributed by atoms with Gasteiger partial charge in [-0.3, -0.25) is 4.90 Å². The van der Waals surface area contributed by atoms with Crippen LogP contribution < -0.4 is 0 Å². The Balaban J connectivity index is -0.000000182. The molecule has 2 aliphatic carbocycles. The lowest BCUT2D eigenvalue weighted by molar-refractivity contribution is -0.0521. The van der Waals surface area contributed by atoms with E-state index in [4.69, 9.17) is 5.11 Å². The van der Waals surface area contributed by atoms with Crippen LogP contribution in [-0.4, -0.2) is 301 Å². The molecule has 0 bridgehead atoms. The second-order valence-electron chi connectivity index (χ2n) is 48.3. The summed E-state index contributed by atoms with van der Waals surface area (Å²) in [6.07, 6.45) is 37.6. The summed E-state index contributed by atoms with van der Waals surface area (Å²) in [5.74, 6) is 14.4. The molecule has 0 radical (unpaired) electrons. The van der Waals surface area contributed by atoms with Crippen molar-refractivity contribution in [1.82, 2.24) is 53.9 Å². The predicted octanol–water partition coefficient (Wildman–Crippen LogP) is 30.8. The van der Waals surface area contributed by atoms with Crippen LogP contribution in [0, 0.1) is 117 Å². The molecule has 2 saturated carbocycles. The van der Waals surface area contributed by atoms with Gasteiger partial charge in [-0.05, 0) is 394 Å². The number of alkyl halides is 1. The van der Waals surface area contributed by atoms with Gasteiger partial charge >= 0.3 is 0 Å². The molecule has 0 aromatic heterocycles. The first-order valence-electron chi connectivity index (χ1n) is 54.7. The minimum atomic E-state index is -0.882. The van der Waals surface area contributed by atoms with E-state index in [2.05, 4.69) is 290 Å². The number of β-amino-alcohol motifs (C(OH)–C–C–N with tert-alkyl or cyclic N) is 1. The van der Waals surface area contributed by atoms with Crippen molar-refractivity contribution < 1.29 is 14.6 Å². The molecular weight excluding hydrogens is 1660 g/mol. The van der Waals surface area contributed by atoms with Gasteiger partial charge in [-0.25, -0.2) is 4.39 Å². The molecule has 0 aromatic rings. The van der Waals surface area contributed by atoms with Gasteiger partial charge < -0.3 is 59.2 Å². The lowest BCUT2D eigenvalue weighted by Crippen LogP contribution is -2.47. The number of rotatable bonds is 16. The number of likely N-dealkylation sites (tertiary alicyclic amines) is 9. The van der Waals surface area contributed by atoms with E-state index in [1.807, 2.05) is 13.8 Å². The van der Waals surface area contributed by atoms with Crippen molar-refractivity contribution >= 4 is 0 Å². The van der Waals surface area contributed by atoms with Gasteiger partial charge in [0.15, 0.2) is 0 Å². The zero-order chi connectivity index (χ0) is 95.7. The summed E-state index contributed by atoms with van der Waals surface area (Å²) in [7, 11) is 17.5. The van der Waals surface area contributed by atoms with Gasteiger partial charge in [0.1, 0.15) is 5.67 Å². The van der Waals surface area contributed by atoms with Crippen LogP contribution in [0.15, 0.2) is 0 Å². The Morgan fingerprint density at radius 2 is 0.570 bits per heavy atom. The Morgan fingerprint density at radius 3 is 0.852 bits per heavy atom. The predicted molar refractivity (Wildman–Crippen MR) is 619 cm³/mol. The largest absolute Gasteiger partial charge is 0.395 e. The van der Waals surface area contributed by atoms with E-state index in [0.29, 0.717) is 41.6 Å². The highest BCUT2D eigenvalue weighted by atomic mass is 19.1. The molecule has 135 heavy (non-hydrogen) atoms. The number of aliphatic hydroxyl groups excluding tert-OH is 1. The number of aliphatic hydroxyl groups is 2. The smallest absolute Gasteiger partial charge is 0.115 e. The van der Waals surface area contributed by atoms with E-state index in [9.17, 15) is 9.50 Å². The summed E-state index contributed by atoms with van der Waals surface area (Å²) in [5, 5.41) is 18.8. The van der Waals surface area contributed by atoms with E-state index in [-0.39, 0.29) is 78.4 Å². The summed E-state index contributed by atoms with van der Waals surface area (Å²) in [6, 6.07) is 0.730. The van der Waals surface area contributed by atoms with Crippen LogP contribution in [0.4, 0.5) is 4.39 Å². The van der Waals surface area contributed by atoms with Crippen molar-refractivity contribution in [2.24, 2.45) is 117 Å². The lowest BCUT2D eigenvalue weighted by Gasteiger charge is -2.43. The molecule has 828 valence electrons. The molecule has 14 heteroatoms. The molecular formula is C121H270FN11O2. The van der Waals surface area contributed by atoms with Crippen molar-refractivity contribution in [3.05, 3.63) is 0 Å². The van der Waals surface area contributed by atoms with E-state index < -0.39 is 5.67 Å². The van der Waals surface area contributed by atoms with Gasteiger partial charge in [0, 0.05) is 78.0 Å². The monoisotopic (exact) mass is 1930 g/mol. The van der Waals surface area contributed by atoms with Crippen LogP contribution in [-0.2, 0) is 0 Å². The first-order chi connectivity index (χ1) is 59.0. The Bertz CT molecular complexity index is 2390. The fraction of sp³-hybridized carbons (Fsp3) is 1.00. The van der Waals surface area contributed by atoms with Crippen molar-refractivity contribution in [2.45, 2.75) is 458 Å². The highest BCUT2D eigenvalue weighted by Crippen LogP contribution is 2.44. The quantitative estimate of drug-likeness (QED) is 0.154. The normalized spacial score (nSPS) is 23.1. The maximum absolute atomic E-state index is 13.8. The molecule has 12 fully saturated rings. The van der Waals surface area contributed by atoms with Gasteiger partial charge in [-0.2, -0.15) is 0 Å². The van der Waals surface area contributed by atoms with E-state index >= 15 is 0 Å². The zero-order valence-electron chi connectivity index (χ0n) is 92.6. The lowest BCUT2D eigenvalue weighted by atomic mass is 9.68. The average molecular weight is 1930 g/mol. The van der Waals surface area contributed by atoms with Crippen LogP contribution in [0.5, 0.6) is 0 Å². The summed E-state index contributed by atoms with van der Waals surface area (Å²) < 4.78 is 13.8. The third kappa shape index (κ3) is 63.5. The number of hydrogen-bond donors (Lipinski definition) is 2. The number of hydrogen-bond acceptors (Lipinski definition) is 13. The first kappa shape index (κ1) is 152. The Hall–Kier alpha value is -0.590. The van der Waals surface area contributed by atoms with Crippen LogP contribution in [0.3, 0.4) is 0 Å². The summed E-state index contributed by atoms with van der Waals surface area (Å²) in [4.78, 5) is 26.4. The molecule has 1 atom stereocenters. The number of nitrogens with zero attached hydrogens (tertiary/aromatic N) is 11. The second kappa shape index (κ2) is 81.5. The Kier molecular flexibility index (Phi) is 91.8. The number of halogens is 1. The first-order valence-corrected chi connectivity index (χ1v) is 54.7. The molecule has 13 nitrogen and oxygen atoms in total. The average Bonchev–Trinajstić information content (AvgIpc) is 1.06. The van der Waals surface area contributed by atoms with Gasteiger partial charge in [0.05, 0.1) is 12.2 Å².